The van der Waals surface area contributed by atoms with Crippen LogP contribution in [0.25, 0.3) is 0 Å². The van der Waals surface area contributed by atoms with Gasteiger partial charge in [-0.25, -0.2) is 0 Å². The zero-order valence-electron chi connectivity index (χ0n) is 16.2. The molecule has 0 aromatic heterocycles. The van der Waals surface area contributed by atoms with Gasteiger partial charge in [0.05, 0.1) is 0 Å². The highest BCUT2D eigenvalue weighted by Crippen LogP contribution is 2.45. The molecule has 0 aromatic carbocycles. The summed E-state index contributed by atoms with van der Waals surface area (Å²) in [6.07, 6.45) is 3.63. The Morgan fingerprint density at radius 2 is 1.38 bits per heavy atom. The smallest absolute Gasteiger partial charge is 0.152 e. The van der Waals surface area contributed by atoms with Gasteiger partial charge >= 0.3 is 0 Å². The van der Waals surface area contributed by atoms with Gasteiger partial charge in [-0.3, -0.25) is 4.90 Å². The van der Waals surface area contributed by atoms with Crippen molar-refractivity contribution in [2.75, 3.05) is 13.1 Å². The highest BCUT2D eigenvalue weighted by Gasteiger charge is 2.39. The zero-order valence-corrected chi connectivity index (χ0v) is 16.2. The molecular weight excluding hydrogens is 253 g/mol. The molecule has 0 spiro atoms. The lowest BCUT2D eigenvalue weighted by Gasteiger charge is -2.49. The SMILES string of the molecule is CC(C)(C)C(C)(C)[B]C1=CCN(C(C)(C)C(C)(C)C)CC1. The molecule has 1 aliphatic rings. The Kier molecular flexibility index (Phi) is 5.16. The quantitative estimate of drug-likeness (QED) is 0.633. The lowest BCUT2D eigenvalue weighted by molar-refractivity contribution is 0.0289. The van der Waals surface area contributed by atoms with E-state index in [0.717, 1.165) is 6.54 Å². The molecule has 1 radical (unpaired) electrons. The van der Waals surface area contributed by atoms with E-state index < -0.39 is 0 Å². The summed E-state index contributed by atoms with van der Waals surface area (Å²) in [6, 6.07) is 0. The minimum absolute atomic E-state index is 0.231. The van der Waals surface area contributed by atoms with E-state index >= 15 is 0 Å². The molecule has 0 fully saturated rings. The van der Waals surface area contributed by atoms with Gasteiger partial charge in [-0.15, -0.1) is 5.47 Å². The first-order chi connectivity index (χ1) is 9.18. The molecule has 0 bridgehead atoms. The lowest BCUT2D eigenvalue weighted by Crippen LogP contribution is -2.54. The largest absolute Gasteiger partial charge is 0.294 e. The third-order valence-electron chi connectivity index (χ3n) is 6.35. The van der Waals surface area contributed by atoms with Gasteiger partial charge in [0.1, 0.15) is 0 Å². The van der Waals surface area contributed by atoms with Crippen LogP contribution in [0.2, 0.25) is 5.31 Å². The predicted molar refractivity (Wildman–Crippen MR) is 97.1 cm³/mol. The summed E-state index contributed by atoms with van der Waals surface area (Å²) < 4.78 is 0. The van der Waals surface area contributed by atoms with Crippen LogP contribution in [-0.2, 0) is 0 Å². The summed E-state index contributed by atoms with van der Waals surface area (Å²) in [5.41, 5.74) is 2.37. The van der Waals surface area contributed by atoms with Gasteiger partial charge in [-0.2, -0.15) is 0 Å². The van der Waals surface area contributed by atoms with Gasteiger partial charge in [-0.1, -0.05) is 66.8 Å². The van der Waals surface area contributed by atoms with E-state index in [4.69, 9.17) is 0 Å². The Labute approximate surface area is 134 Å². The van der Waals surface area contributed by atoms with Crippen molar-refractivity contribution in [2.45, 2.75) is 86.5 Å². The molecule has 0 aliphatic carbocycles. The van der Waals surface area contributed by atoms with E-state index in [1.54, 1.807) is 0 Å². The van der Waals surface area contributed by atoms with E-state index in [0.29, 0.717) is 10.8 Å². The number of hydrogen-bond acceptors (Lipinski definition) is 1. The fourth-order valence-corrected chi connectivity index (χ4v) is 2.48. The molecule has 0 N–H and O–H groups in total. The van der Waals surface area contributed by atoms with Crippen molar-refractivity contribution in [3.63, 3.8) is 0 Å². The van der Waals surface area contributed by atoms with Crippen LogP contribution in [0.5, 0.6) is 0 Å². The van der Waals surface area contributed by atoms with Gasteiger partial charge in [0, 0.05) is 18.6 Å². The van der Waals surface area contributed by atoms with Gasteiger partial charge < -0.3 is 0 Å². The van der Waals surface area contributed by atoms with Gasteiger partial charge in [-0.05, 0) is 31.1 Å². The summed E-state index contributed by atoms with van der Waals surface area (Å²) in [6.45, 7) is 25.8. The minimum atomic E-state index is 0.231. The Morgan fingerprint density at radius 3 is 1.71 bits per heavy atom. The second-order valence-corrected chi connectivity index (χ2v) is 9.90. The number of rotatable bonds is 3. The van der Waals surface area contributed by atoms with E-state index in [1.165, 1.54) is 18.4 Å². The molecule has 0 aromatic rings. The highest BCUT2D eigenvalue weighted by atomic mass is 15.2. The molecule has 1 aliphatic heterocycles. The Bertz CT molecular complexity index is 391. The summed E-state index contributed by atoms with van der Waals surface area (Å²) >= 11 is 0. The number of hydrogen-bond donors (Lipinski definition) is 0. The molecule has 121 valence electrons. The predicted octanol–water partition coefficient (Wildman–Crippen LogP) is 5.35. The molecule has 0 amide bonds. The second kappa shape index (κ2) is 5.76. The maximum absolute atomic E-state index is 2.63. The van der Waals surface area contributed by atoms with E-state index in [-0.39, 0.29) is 10.9 Å². The van der Waals surface area contributed by atoms with Gasteiger partial charge in [0.15, 0.2) is 7.28 Å². The van der Waals surface area contributed by atoms with Gasteiger partial charge in [0.2, 0.25) is 0 Å². The zero-order chi connectivity index (χ0) is 16.7. The third-order valence-corrected chi connectivity index (χ3v) is 6.35. The van der Waals surface area contributed by atoms with E-state index in [2.05, 4.69) is 87.5 Å². The fraction of sp³-hybridized carbons (Fsp3) is 0.895. The second-order valence-electron chi connectivity index (χ2n) is 9.90. The highest BCUT2D eigenvalue weighted by molar-refractivity contribution is 6.49. The van der Waals surface area contributed by atoms with Crippen molar-refractivity contribution in [1.82, 2.24) is 4.90 Å². The third kappa shape index (κ3) is 4.15. The molecular formula is C19H37BN. The molecule has 1 nitrogen and oxygen atoms in total. The van der Waals surface area contributed by atoms with E-state index in [1.807, 2.05) is 0 Å². The molecule has 0 saturated heterocycles. The van der Waals surface area contributed by atoms with E-state index in [9.17, 15) is 0 Å². The first-order valence-corrected chi connectivity index (χ1v) is 8.48. The van der Waals surface area contributed by atoms with Crippen LogP contribution in [0.3, 0.4) is 0 Å². The van der Waals surface area contributed by atoms with Crippen LogP contribution in [0, 0.1) is 10.8 Å². The number of nitrogens with zero attached hydrogens (tertiary/aromatic N) is 1. The van der Waals surface area contributed by atoms with Crippen LogP contribution < -0.4 is 0 Å². The standard InChI is InChI=1S/C19H37BN/c1-16(2,3)18(7,8)20-15-11-13-21(14-12-15)19(9,10)17(4,5)6/h11H,12-14H2,1-10H3. The normalized spacial score (nSPS) is 19.4. The van der Waals surface area contributed by atoms with Crippen molar-refractivity contribution in [3.8, 4) is 0 Å². The molecule has 1 heterocycles. The van der Waals surface area contributed by atoms with Crippen LogP contribution >= 0.6 is 0 Å². The average molecular weight is 290 g/mol. The molecule has 0 saturated carbocycles. The van der Waals surface area contributed by atoms with Crippen LogP contribution in [0.4, 0.5) is 0 Å². The van der Waals surface area contributed by atoms with Crippen molar-refractivity contribution in [1.29, 1.82) is 0 Å². The summed E-state index contributed by atoms with van der Waals surface area (Å²) in [5, 5.41) is 0.237. The first-order valence-electron chi connectivity index (χ1n) is 8.48. The summed E-state index contributed by atoms with van der Waals surface area (Å²) in [7, 11) is 2.51. The van der Waals surface area contributed by atoms with Crippen LogP contribution in [-0.4, -0.2) is 30.8 Å². The summed E-state index contributed by atoms with van der Waals surface area (Å²) in [4.78, 5) is 2.63. The Hall–Kier alpha value is -0.235. The van der Waals surface area contributed by atoms with Crippen molar-refractivity contribution >= 4 is 7.28 Å². The molecule has 0 atom stereocenters. The molecule has 1 rings (SSSR count). The van der Waals surface area contributed by atoms with Crippen molar-refractivity contribution in [3.05, 3.63) is 11.5 Å². The molecule has 21 heavy (non-hydrogen) atoms. The van der Waals surface area contributed by atoms with Gasteiger partial charge in [0.25, 0.3) is 0 Å². The monoisotopic (exact) mass is 290 g/mol. The molecule has 0 unspecified atom stereocenters. The van der Waals surface area contributed by atoms with Crippen molar-refractivity contribution < 1.29 is 0 Å². The first kappa shape index (κ1) is 18.8. The van der Waals surface area contributed by atoms with Crippen LogP contribution in [0.1, 0.15) is 75.7 Å². The molecule has 2 heteroatoms. The Balaban J connectivity index is 2.76. The fourth-order valence-electron chi connectivity index (χ4n) is 2.48. The maximum atomic E-state index is 2.63. The van der Waals surface area contributed by atoms with Crippen molar-refractivity contribution in [2.24, 2.45) is 10.8 Å². The Morgan fingerprint density at radius 1 is 0.857 bits per heavy atom. The maximum Gasteiger partial charge on any atom is 0.152 e. The topological polar surface area (TPSA) is 3.24 Å². The average Bonchev–Trinajstić information content (AvgIpc) is 2.26. The summed E-state index contributed by atoms with van der Waals surface area (Å²) in [5.74, 6) is 0. The minimum Gasteiger partial charge on any atom is -0.294 e. The lowest BCUT2D eigenvalue weighted by atomic mass is 9.41. The van der Waals surface area contributed by atoms with Crippen LogP contribution in [0.15, 0.2) is 11.5 Å².